The van der Waals surface area contributed by atoms with E-state index < -0.39 is 0 Å². The summed E-state index contributed by atoms with van der Waals surface area (Å²) in [4.78, 5) is 9.63. The van der Waals surface area contributed by atoms with Crippen LogP contribution in [0.5, 0.6) is 34.5 Å². The first-order valence-electron chi connectivity index (χ1n) is 17.3. The molecule has 5 aromatic rings. The Morgan fingerprint density at radius 3 is 1.69 bits per heavy atom. The zero-order chi connectivity index (χ0) is 36.6. The van der Waals surface area contributed by atoms with Gasteiger partial charge >= 0.3 is 0 Å². The molecule has 6 rings (SSSR count). The van der Waals surface area contributed by atoms with Crippen molar-refractivity contribution in [1.82, 2.24) is 9.88 Å². The van der Waals surface area contributed by atoms with Gasteiger partial charge in [-0.25, -0.2) is 0 Å². The zero-order valence-electron chi connectivity index (χ0n) is 30.6. The molecule has 1 fully saturated rings. The second-order valence-electron chi connectivity index (χ2n) is 12.7. The van der Waals surface area contributed by atoms with Crippen LogP contribution in [0.3, 0.4) is 0 Å². The Bertz CT molecular complexity index is 1910. The predicted octanol–water partition coefficient (Wildman–Crippen LogP) is 8.79. The van der Waals surface area contributed by atoms with Gasteiger partial charge in [0.1, 0.15) is 0 Å². The molecule has 4 aromatic carbocycles. The van der Waals surface area contributed by atoms with Crippen LogP contribution in [-0.4, -0.2) is 71.7 Å². The Hall–Kier alpha value is -5.12. The number of hydrogen-bond donors (Lipinski definition) is 0. The summed E-state index contributed by atoms with van der Waals surface area (Å²) in [7, 11) is 9.75. The number of rotatable bonds is 14. The van der Waals surface area contributed by atoms with E-state index in [1.165, 1.54) is 5.56 Å². The molecular weight excluding hydrogens is 678 g/mol. The highest BCUT2D eigenvalue weighted by atomic mass is 35.5. The van der Waals surface area contributed by atoms with Crippen LogP contribution in [-0.2, 0) is 13.1 Å². The number of anilines is 1. The van der Waals surface area contributed by atoms with Gasteiger partial charge in [0.05, 0.1) is 42.7 Å². The Labute approximate surface area is 311 Å². The molecule has 0 N–H and O–H groups in total. The molecule has 0 bridgehead atoms. The molecule has 1 aliphatic heterocycles. The lowest BCUT2D eigenvalue weighted by Gasteiger charge is -2.40. The molecular formula is C42H46ClN3O6. The summed E-state index contributed by atoms with van der Waals surface area (Å²) < 4.78 is 33.5. The topological polar surface area (TPSA) is 74.8 Å². The van der Waals surface area contributed by atoms with Gasteiger partial charge in [-0.3, -0.25) is 9.88 Å². The van der Waals surface area contributed by atoms with Crippen molar-refractivity contribution in [3.8, 4) is 56.8 Å². The van der Waals surface area contributed by atoms with Gasteiger partial charge in [-0.15, -0.1) is 0 Å². The first kappa shape index (κ1) is 36.7. The fraction of sp³-hybridized carbons (Fsp3) is 0.310. The van der Waals surface area contributed by atoms with Crippen molar-refractivity contribution in [2.45, 2.75) is 32.0 Å². The number of hydrogen-bond acceptors (Lipinski definition) is 9. The number of nitrogens with zero attached hydrogens (tertiary/aromatic N) is 3. The Morgan fingerprint density at radius 2 is 1.15 bits per heavy atom. The third-order valence-electron chi connectivity index (χ3n) is 9.63. The van der Waals surface area contributed by atoms with Crippen molar-refractivity contribution < 1.29 is 28.4 Å². The van der Waals surface area contributed by atoms with Crippen LogP contribution in [0.15, 0.2) is 91.3 Å². The van der Waals surface area contributed by atoms with Crippen LogP contribution >= 0.6 is 11.6 Å². The number of likely N-dealkylation sites (tertiary alicyclic amines) is 1. The third-order valence-corrected chi connectivity index (χ3v) is 9.89. The summed E-state index contributed by atoms with van der Waals surface area (Å²) in [5.41, 5.74) is 7.53. The Morgan fingerprint density at radius 1 is 0.615 bits per heavy atom. The molecule has 0 saturated carbocycles. The lowest BCUT2D eigenvalue weighted by atomic mass is 9.98. The van der Waals surface area contributed by atoms with Gasteiger partial charge in [0.25, 0.3) is 0 Å². The molecule has 0 unspecified atom stereocenters. The molecule has 9 nitrogen and oxygen atoms in total. The number of piperidine rings is 1. The minimum atomic E-state index is 0.353. The maximum Gasteiger partial charge on any atom is 0.203 e. The Balaban J connectivity index is 1.19. The normalized spacial score (nSPS) is 13.4. The van der Waals surface area contributed by atoms with Gasteiger partial charge in [0, 0.05) is 60.9 Å². The zero-order valence-corrected chi connectivity index (χ0v) is 31.4. The van der Waals surface area contributed by atoms with Gasteiger partial charge in [0.2, 0.25) is 11.5 Å². The molecule has 2 heterocycles. The number of ether oxygens (including phenoxy) is 6. The average molecular weight is 724 g/mol. The highest BCUT2D eigenvalue weighted by Gasteiger charge is 2.26. The van der Waals surface area contributed by atoms with Crippen molar-refractivity contribution in [3.05, 3.63) is 107 Å². The van der Waals surface area contributed by atoms with Gasteiger partial charge in [0.15, 0.2) is 23.0 Å². The number of methoxy groups -OCH3 is 6. The maximum atomic E-state index is 6.33. The smallest absolute Gasteiger partial charge is 0.203 e. The number of pyridine rings is 1. The fourth-order valence-electron chi connectivity index (χ4n) is 6.98. The van der Waals surface area contributed by atoms with E-state index in [0.717, 1.165) is 77.5 Å². The second-order valence-corrected chi connectivity index (χ2v) is 13.2. The monoisotopic (exact) mass is 723 g/mol. The molecule has 52 heavy (non-hydrogen) atoms. The summed E-state index contributed by atoms with van der Waals surface area (Å²) in [6.45, 7) is 3.50. The van der Waals surface area contributed by atoms with E-state index in [2.05, 4.69) is 57.2 Å². The van der Waals surface area contributed by atoms with Crippen molar-refractivity contribution >= 4 is 17.3 Å². The summed E-state index contributed by atoms with van der Waals surface area (Å²) >= 11 is 6.33. The Kier molecular flexibility index (Phi) is 11.9. The largest absolute Gasteiger partial charge is 0.493 e. The summed E-state index contributed by atoms with van der Waals surface area (Å²) in [6.07, 6.45) is 5.87. The molecule has 0 aliphatic carbocycles. The van der Waals surface area contributed by atoms with E-state index in [0.29, 0.717) is 40.5 Å². The first-order valence-corrected chi connectivity index (χ1v) is 17.6. The predicted molar refractivity (Wildman–Crippen MR) is 207 cm³/mol. The van der Waals surface area contributed by atoms with E-state index in [1.54, 1.807) is 42.7 Å². The quantitative estimate of drug-likeness (QED) is 0.112. The van der Waals surface area contributed by atoms with E-state index in [-0.39, 0.29) is 0 Å². The van der Waals surface area contributed by atoms with Crippen LogP contribution < -0.4 is 33.3 Å². The molecule has 1 aliphatic rings. The number of aromatic nitrogens is 1. The minimum absolute atomic E-state index is 0.353. The lowest BCUT2D eigenvalue weighted by molar-refractivity contribution is 0.200. The van der Waals surface area contributed by atoms with Crippen molar-refractivity contribution in [2.24, 2.45) is 0 Å². The van der Waals surface area contributed by atoms with Crippen molar-refractivity contribution in [1.29, 1.82) is 0 Å². The van der Waals surface area contributed by atoms with Crippen LogP contribution in [0.1, 0.15) is 24.0 Å². The molecule has 0 amide bonds. The molecule has 0 atom stereocenters. The van der Waals surface area contributed by atoms with Crippen LogP contribution in [0, 0.1) is 0 Å². The minimum Gasteiger partial charge on any atom is -0.493 e. The van der Waals surface area contributed by atoms with E-state index >= 15 is 0 Å². The number of halogens is 1. The van der Waals surface area contributed by atoms with Crippen molar-refractivity contribution in [2.75, 3.05) is 60.6 Å². The van der Waals surface area contributed by atoms with E-state index in [9.17, 15) is 0 Å². The van der Waals surface area contributed by atoms with Gasteiger partial charge in [-0.1, -0.05) is 29.8 Å². The molecule has 272 valence electrons. The van der Waals surface area contributed by atoms with Gasteiger partial charge < -0.3 is 33.3 Å². The second kappa shape index (κ2) is 16.9. The molecule has 1 aromatic heterocycles. The summed E-state index contributed by atoms with van der Waals surface area (Å²) in [5.74, 6) is 3.62. The summed E-state index contributed by atoms with van der Waals surface area (Å²) in [5, 5.41) is 0.727. The average Bonchev–Trinajstić information content (AvgIpc) is 3.19. The van der Waals surface area contributed by atoms with Crippen LogP contribution in [0.4, 0.5) is 5.69 Å². The van der Waals surface area contributed by atoms with Gasteiger partial charge in [-0.2, -0.15) is 0 Å². The molecule has 10 heteroatoms. The first-order chi connectivity index (χ1) is 25.4. The standard InChI is InChI=1S/C42H46ClN3O6/c1-47-37-20-31(21-38(48-2)41(37)51-5)30-9-7-8-28(18-30)27-46(35-12-10-34(43)11-13-35)36-14-16-45(17-15-36)26-29-19-33(25-44-24-29)32-22-39(49-3)42(52-6)40(23-32)50-4/h7-13,18-25,36H,14-17,26-27H2,1-6H3. The highest BCUT2D eigenvalue weighted by molar-refractivity contribution is 6.30. The molecule has 0 spiro atoms. The SMILES string of the molecule is COc1cc(-c2cncc(CN3CCC(N(Cc4cccc(-c5cc(OC)c(OC)c(OC)c5)c4)c4ccc(Cl)cc4)CC3)c2)cc(OC)c1OC. The van der Waals surface area contributed by atoms with Crippen LogP contribution in [0.25, 0.3) is 22.3 Å². The van der Waals surface area contributed by atoms with Gasteiger partial charge in [-0.05, 0) is 101 Å². The molecule has 0 radical (unpaired) electrons. The lowest BCUT2D eigenvalue weighted by Crippen LogP contribution is -2.44. The maximum absolute atomic E-state index is 6.33. The molecule has 1 saturated heterocycles. The number of benzene rings is 4. The third kappa shape index (κ3) is 8.16. The fourth-order valence-corrected chi connectivity index (χ4v) is 7.11. The van der Waals surface area contributed by atoms with E-state index in [4.69, 9.17) is 40.0 Å². The highest BCUT2D eigenvalue weighted by Crippen LogP contribution is 2.42. The van der Waals surface area contributed by atoms with E-state index in [1.807, 2.05) is 48.8 Å². The van der Waals surface area contributed by atoms with Crippen LogP contribution in [0.2, 0.25) is 5.02 Å². The van der Waals surface area contributed by atoms with Crippen molar-refractivity contribution in [3.63, 3.8) is 0 Å². The summed E-state index contributed by atoms with van der Waals surface area (Å²) in [6, 6.07) is 27.3.